The fourth-order valence-electron chi connectivity index (χ4n) is 6.84. The smallest absolute Gasteiger partial charge is 0.284 e. The molecule has 2 aromatic carbocycles. The number of aryl methyl sites for hydroxylation is 1. The molecule has 41 heavy (non-hydrogen) atoms. The molecule has 8 nitrogen and oxygen atoms in total. The van der Waals surface area contributed by atoms with Gasteiger partial charge in [-0.25, -0.2) is 18.8 Å². The number of aromatic nitrogens is 3. The molecule has 0 unspecified atom stereocenters. The Balaban J connectivity index is 1.28. The Hall–Kier alpha value is -4.98. The molecule has 0 saturated carbocycles. The average molecular weight is 542 g/mol. The van der Waals surface area contributed by atoms with Crippen molar-refractivity contribution in [3.8, 4) is 11.1 Å². The van der Waals surface area contributed by atoms with Crippen LogP contribution in [0.4, 0.5) is 46.0 Å². The predicted molar refractivity (Wildman–Crippen MR) is 167 cm³/mol. The molecule has 0 saturated heterocycles. The van der Waals surface area contributed by atoms with E-state index < -0.39 is 0 Å². The lowest BCUT2D eigenvalue weighted by Crippen LogP contribution is -2.45. The van der Waals surface area contributed by atoms with Crippen LogP contribution < -0.4 is 19.7 Å². The van der Waals surface area contributed by atoms with Crippen molar-refractivity contribution in [3.63, 3.8) is 0 Å². The first-order valence-electron chi connectivity index (χ1n) is 14.1. The molecule has 6 heterocycles. The van der Waals surface area contributed by atoms with Gasteiger partial charge in [0.2, 0.25) is 0 Å². The van der Waals surface area contributed by atoms with Crippen LogP contribution in [-0.4, -0.2) is 59.2 Å². The van der Waals surface area contributed by atoms with Gasteiger partial charge in [-0.05, 0) is 42.0 Å². The van der Waals surface area contributed by atoms with E-state index in [1.54, 1.807) is 0 Å². The van der Waals surface area contributed by atoms with Crippen LogP contribution in [0.5, 0.6) is 0 Å². The zero-order valence-corrected chi connectivity index (χ0v) is 23.9. The first-order chi connectivity index (χ1) is 20.0. The summed E-state index contributed by atoms with van der Waals surface area (Å²) in [5.41, 5.74) is 8.56. The molecule has 204 valence electrons. The second-order valence-corrected chi connectivity index (χ2v) is 11.1. The minimum atomic E-state index is 0.895. The summed E-state index contributed by atoms with van der Waals surface area (Å²) in [4.78, 5) is 11.8. The first kappa shape index (κ1) is 23.9. The van der Waals surface area contributed by atoms with Gasteiger partial charge in [0.25, 0.3) is 5.82 Å². The van der Waals surface area contributed by atoms with Crippen molar-refractivity contribution in [1.29, 1.82) is 0 Å². The SMILES string of the molecule is CN1c2ccccc2N(c2ccccn2)c2cc3n(c21)N(C)CCN3c1cccc(-c2cn(C)c3c2CC=[N+]3C)c1. The van der Waals surface area contributed by atoms with Gasteiger partial charge < -0.3 is 14.8 Å². The fraction of sp³-hybridized carbons (Fsp3) is 0.212. The number of anilines is 7. The van der Waals surface area contributed by atoms with E-state index in [1.807, 2.05) is 12.3 Å². The molecule has 0 N–H and O–H groups in total. The number of para-hydroxylation sites is 2. The van der Waals surface area contributed by atoms with Gasteiger partial charge >= 0.3 is 0 Å². The quantitative estimate of drug-likeness (QED) is 0.260. The van der Waals surface area contributed by atoms with Gasteiger partial charge in [-0.2, -0.15) is 0 Å². The zero-order chi connectivity index (χ0) is 27.8. The molecule has 3 aromatic heterocycles. The van der Waals surface area contributed by atoms with Gasteiger partial charge in [0.15, 0.2) is 5.82 Å². The minimum Gasteiger partial charge on any atom is -0.326 e. The number of rotatable bonds is 3. The van der Waals surface area contributed by atoms with Crippen molar-refractivity contribution >= 4 is 52.2 Å². The van der Waals surface area contributed by atoms with Crippen molar-refractivity contribution < 1.29 is 4.58 Å². The molecule has 5 aromatic rings. The maximum Gasteiger partial charge on any atom is 0.284 e. The maximum absolute atomic E-state index is 4.77. The first-order valence-corrected chi connectivity index (χ1v) is 14.1. The molecule has 0 aliphatic carbocycles. The molecule has 8 rings (SSSR count). The second kappa shape index (κ2) is 8.76. The molecule has 3 aliphatic rings. The highest BCUT2D eigenvalue weighted by Gasteiger charge is 2.37. The zero-order valence-electron chi connectivity index (χ0n) is 23.9. The third-order valence-electron chi connectivity index (χ3n) is 8.72. The summed E-state index contributed by atoms with van der Waals surface area (Å²) in [5.74, 6) is 4.47. The van der Waals surface area contributed by atoms with Crippen LogP contribution in [0.25, 0.3) is 11.1 Å². The summed E-state index contributed by atoms with van der Waals surface area (Å²) in [6.07, 6.45) is 7.37. The monoisotopic (exact) mass is 541 g/mol. The van der Waals surface area contributed by atoms with E-state index in [4.69, 9.17) is 4.98 Å². The van der Waals surface area contributed by atoms with E-state index in [-0.39, 0.29) is 0 Å². The normalized spacial score (nSPS) is 15.5. The summed E-state index contributed by atoms with van der Waals surface area (Å²) in [6.45, 7) is 1.80. The third-order valence-corrected chi connectivity index (χ3v) is 8.72. The van der Waals surface area contributed by atoms with Gasteiger partial charge in [0.1, 0.15) is 11.6 Å². The van der Waals surface area contributed by atoms with Gasteiger partial charge in [0.05, 0.1) is 55.7 Å². The van der Waals surface area contributed by atoms with E-state index in [9.17, 15) is 0 Å². The van der Waals surface area contributed by atoms with E-state index >= 15 is 0 Å². The van der Waals surface area contributed by atoms with Crippen LogP contribution in [0.15, 0.2) is 85.2 Å². The molecular weight excluding hydrogens is 508 g/mol. The minimum absolute atomic E-state index is 0.895. The highest BCUT2D eigenvalue weighted by Crippen LogP contribution is 2.53. The molecule has 3 aliphatic heterocycles. The number of likely N-dealkylation sites (N-methyl/N-ethyl adjacent to an activating group) is 1. The van der Waals surface area contributed by atoms with Gasteiger partial charge in [-0.1, -0.05) is 30.3 Å². The molecule has 0 radical (unpaired) electrons. The molecule has 0 fully saturated rings. The topological polar surface area (TPSA) is 38.7 Å². The van der Waals surface area contributed by atoms with Gasteiger partial charge in [-0.3, -0.25) is 4.90 Å². The van der Waals surface area contributed by atoms with Crippen molar-refractivity contribution in [3.05, 3.63) is 90.8 Å². The fourth-order valence-corrected chi connectivity index (χ4v) is 6.84. The van der Waals surface area contributed by atoms with Crippen molar-refractivity contribution in [2.24, 2.45) is 7.05 Å². The van der Waals surface area contributed by atoms with Crippen molar-refractivity contribution in [2.75, 3.05) is 53.9 Å². The summed E-state index contributed by atoms with van der Waals surface area (Å²) < 4.78 is 6.85. The highest BCUT2D eigenvalue weighted by atomic mass is 15.6. The number of pyridine rings is 1. The largest absolute Gasteiger partial charge is 0.326 e. The third kappa shape index (κ3) is 3.40. The summed E-state index contributed by atoms with van der Waals surface area (Å²) in [7, 11) is 8.62. The van der Waals surface area contributed by atoms with Gasteiger partial charge in [0, 0.05) is 50.6 Å². The van der Waals surface area contributed by atoms with Crippen molar-refractivity contribution in [2.45, 2.75) is 6.42 Å². The maximum atomic E-state index is 4.77. The van der Waals surface area contributed by atoms with E-state index in [1.165, 1.54) is 28.2 Å². The number of nitrogens with zero attached hydrogens (tertiary/aromatic N) is 8. The Morgan fingerprint density at radius 2 is 1.66 bits per heavy atom. The summed E-state index contributed by atoms with van der Waals surface area (Å²) in [5, 5.41) is 2.32. The lowest BCUT2D eigenvalue weighted by Gasteiger charge is -2.41. The Kier molecular flexibility index (Phi) is 5.10. The number of fused-ring (bicyclic) bond motifs is 5. The molecule has 0 bridgehead atoms. The summed E-state index contributed by atoms with van der Waals surface area (Å²) in [6, 6.07) is 26.0. The predicted octanol–water partition coefficient (Wildman–Crippen LogP) is 6.06. The van der Waals surface area contributed by atoms with E-state index in [2.05, 4.69) is 141 Å². The van der Waals surface area contributed by atoms with Crippen LogP contribution in [0.3, 0.4) is 0 Å². The van der Waals surface area contributed by atoms with E-state index in [0.29, 0.717) is 0 Å². The standard InChI is InChI=1S/C33H33N8/c1-35-17-15-25-26(22-36(2)32(25)35)23-10-9-11-24(20-23)39-19-18-37(3)41-31(39)21-29-33(41)38(4)27-12-5-6-13-28(27)40(29)30-14-7-8-16-34-30/h5-14,16-17,20-22H,15,18-19H2,1-4H3/q+1. The lowest BCUT2D eigenvalue weighted by atomic mass is 10.0. The van der Waals surface area contributed by atoms with Crippen LogP contribution in [0.1, 0.15) is 5.56 Å². The Morgan fingerprint density at radius 3 is 2.49 bits per heavy atom. The summed E-state index contributed by atoms with van der Waals surface area (Å²) >= 11 is 0. The van der Waals surface area contributed by atoms with Crippen molar-refractivity contribution in [1.82, 2.24) is 14.2 Å². The molecule has 0 atom stereocenters. The number of benzene rings is 2. The van der Waals surface area contributed by atoms with Crippen LogP contribution >= 0.6 is 0 Å². The van der Waals surface area contributed by atoms with Gasteiger partial charge in [-0.15, -0.1) is 0 Å². The van der Waals surface area contributed by atoms with E-state index in [0.717, 1.165) is 54.0 Å². The Morgan fingerprint density at radius 1 is 0.829 bits per heavy atom. The highest BCUT2D eigenvalue weighted by molar-refractivity contribution is 5.98. The number of hydrogen-bond donors (Lipinski definition) is 0. The van der Waals surface area contributed by atoms with Crippen LogP contribution in [0.2, 0.25) is 0 Å². The average Bonchev–Trinajstić information content (AvgIpc) is 3.68. The lowest BCUT2D eigenvalue weighted by molar-refractivity contribution is -0.403. The molecule has 8 heteroatoms. The molecule has 0 amide bonds. The van der Waals surface area contributed by atoms with Crippen LogP contribution in [0, 0.1) is 0 Å². The Labute approximate surface area is 240 Å². The second-order valence-electron chi connectivity index (χ2n) is 11.1. The Bertz CT molecular complexity index is 1850. The molecule has 0 spiro atoms. The number of hydrogen-bond acceptors (Lipinski definition) is 5. The van der Waals surface area contributed by atoms with Crippen LogP contribution in [-0.2, 0) is 13.5 Å². The molecular formula is C33H33N8+.